The fraction of sp³-hybridized carbons (Fsp3) is 0.364. The Morgan fingerprint density at radius 3 is 2.79 bits per heavy atom. The molecule has 0 bridgehead atoms. The van der Waals surface area contributed by atoms with Crippen molar-refractivity contribution >= 4 is 11.5 Å². The molecular formula is C11H15FN2. The molecule has 0 saturated heterocycles. The number of benzene rings is 1. The summed E-state index contributed by atoms with van der Waals surface area (Å²) in [5.74, 6) is 0.724. The van der Waals surface area contributed by atoms with Crippen LogP contribution in [0.15, 0.2) is 29.3 Å². The summed E-state index contributed by atoms with van der Waals surface area (Å²) in [4.78, 5) is 4.11. The van der Waals surface area contributed by atoms with E-state index in [4.69, 9.17) is 5.73 Å². The largest absolute Gasteiger partial charge is 0.387 e. The minimum Gasteiger partial charge on any atom is -0.387 e. The van der Waals surface area contributed by atoms with Crippen LogP contribution in [0, 0.1) is 11.7 Å². The predicted octanol–water partition coefficient (Wildman–Crippen LogP) is 2.86. The molecule has 0 fully saturated rings. The lowest BCUT2D eigenvalue weighted by molar-refractivity contribution is 0.628. The fourth-order valence-corrected chi connectivity index (χ4v) is 1.18. The Bertz CT molecular complexity index is 332. The molecule has 0 aliphatic carbocycles. The molecule has 1 aromatic rings. The molecule has 3 heteroatoms. The first-order chi connectivity index (χ1) is 6.58. The van der Waals surface area contributed by atoms with Crippen molar-refractivity contribution in [2.24, 2.45) is 16.6 Å². The number of rotatable bonds is 3. The number of aliphatic imine (C=N–C) groups is 1. The van der Waals surface area contributed by atoms with Gasteiger partial charge in [-0.1, -0.05) is 19.9 Å². The molecule has 2 nitrogen and oxygen atoms in total. The fourth-order valence-electron chi connectivity index (χ4n) is 1.18. The van der Waals surface area contributed by atoms with E-state index in [-0.39, 0.29) is 5.82 Å². The first-order valence-electron chi connectivity index (χ1n) is 4.66. The molecule has 1 rings (SSSR count). The van der Waals surface area contributed by atoms with Gasteiger partial charge < -0.3 is 5.73 Å². The van der Waals surface area contributed by atoms with Crippen LogP contribution in [0.25, 0.3) is 0 Å². The molecule has 0 saturated carbocycles. The van der Waals surface area contributed by atoms with E-state index < -0.39 is 0 Å². The average molecular weight is 194 g/mol. The van der Waals surface area contributed by atoms with Gasteiger partial charge in [-0.2, -0.15) is 0 Å². The van der Waals surface area contributed by atoms with Crippen molar-refractivity contribution in [1.82, 2.24) is 0 Å². The first kappa shape index (κ1) is 10.7. The third-order valence-corrected chi connectivity index (χ3v) is 1.70. The SMILES string of the molecule is CC(C)CC(N)=Nc1cccc(F)c1. The molecule has 0 unspecified atom stereocenters. The summed E-state index contributed by atoms with van der Waals surface area (Å²) in [7, 11) is 0. The zero-order chi connectivity index (χ0) is 10.6. The molecule has 14 heavy (non-hydrogen) atoms. The average Bonchev–Trinajstić information content (AvgIpc) is 2.01. The summed E-state index contributed by atoms with van der Waals surface area (Å²) in [6.07, 6.45) is 0.733. The molecule has 0 aromatic heterocycles. The van der Waals surface area contributed by atoms with Crippen LogP contribution in [0.1, 0.15) is 20.3 Å². The van der Waals surface area contributed by atoms with Crippen LogP contribution in [0.4, 0.5) is 10.1 Å². The molecule has 0 spiro atoms. The summed E-state index contributed by atoms with van der Waals surface area (Å²) in [5, 5.41) is 0. The van der Waals surface area contributed by atoms with Crippen molar-refractivity contribution in [3.05, 3.63) is 30.1 Å². The van der Waals surface area contributed by atoms with Crippen LogP contribution in [-0.2, 0) is 0 Å². The summed E-state index contributed by atoms with van der Waals surface area (Å²) < 4.78 is 12.8. The Kier molecular flexibility index (Phi) is 3.63. The Morgan fingerprint density at radius 2 is 2.21 bits per heavy atom. The van der Waals surface area contributed by atoms with Crippen LogP contribution >= 0.6 is 0 Å². The Morgan fingerprint density at radius 1 is 1.50 bits per heavy atom. The standard InChI is InChI=1S/C11H15FN2/c1-8(2)6-11(13)14-10-5-3-4-9(12)7-10/h3-5,7-8H,6H2,1-2H3,(H2,13,14). The Labute approximate surface area is 83.7 Å². The quantitative estimate of drug-likeness (QED) is 0.583. The van der Waals surface area contributed by atoms with Gasteiger partial charge in [-0.3, -0.25) is 0 Å². The zero-order valence-electron chi connectivity index (χ0n) is 8.50. The number of amidine groups is 1. The normalized spacial score (nSPS) is 12.1. The van der Waals surface area contributed by atoms with Crippen molar-refractivity contribution in [2.45, 2.75) is 20.3 Å². The van der Waals surface area contributed by atoms with Crippen LogP contribution in [0.3, 0.4) is 0 Å². The second-order valence-corrected chi connectivity index (χ2v) is 3.68. The monoisotopic (exact) mass is 194 g/mol. The van der Waals surface area contributed by atoms with Gasteiger partial charge in [0.15, 0.2) is 0 Å². The van der Waals surface area contributed by atoms with Gasteiger partial charge in [-0.05, 0) is 24.1 Å². The minimum atomic E-state index is -0.288. The van der Waals surface area contributed by atoms with E-state index in [2.05, 4.69) is 18.8 Å². The molecule has 1 aromatic carbocycles. The third kappa shape index (κ3) is 3.56. The van der Waals surface area contributed by atoms with Crippen molar-refractivity contribution < 1.29 is 4.39 Å². The molecule has 76 valence electrons. The molecule has 0 aliphatic heterocycles. The molecule has 0 aliphatic rings. The Balaban J connectivity index is 2.76. The lowest BCUT2D eigenvalue weighted by atomic mass is 10.1. The van der Waals surface area contributed by atoms with Crippen LogP contribution in [0.5, 0.6) is 0 Å². The highest BCUT2D eigenvalue weighted by Gasteiger charge is 1.99. The van der Waals surface area contributed by atoms with Gasteiger partial charge in [0.05, 0.1) is 11.5 Å². The van der Waals surface area contributed by atoms with E-state index in [0.29, 0.717) is 17.4 Å². The van der Waals surface area contributed by atoms with E-state index in [1.54, 1.807) is 12.1 Å². The summed E-state index contributed by atoms with van der Waals surface area (Å²) in [6, 6.07) is 6.11. The smallest absolute Gasteiger partial charge is 0.125 e. The van der Waals surface area contributed by atoms with E-state index in [1.807, 2.05) is 0 Å². The van der Waals surface area contributed by atoms with Crippen LogP contribution in [-0.4, -0.2) is 5.84 Å². The molecule has 0 atom stereocenters. The second-order valence-electron chi connectivity index (χ2n) is 3.68. The summed E-state index contributed by atoms with van der Waals surface area (Å²) >= 11 is 0. The highest BCUT2D eigenvalue weighted by atomic mass is 19.1. The van der Waals surface area contributed by atoms with Crippen molar-refractivity contribution in [1.29, 1.82) is 0 Å². The maximum atomic E-state index is 12.8. The molecule has 0 heterocycles. The van der Waals surface area contributed by atoms with Crippen LogP contribution < -0.4 is 5.73 Å². The van der Waals surface area contributed by atoms with Gasteiger partial charge in [0.1, 0.15) is 5.82 Å². The predicted molar refractivity (Wildman–Crippen MR) is 57.1 cm³/mol. The molecule has 0 radical (unpaired) electrons. The van der Waals surface area contributed by atoms with E-state index in [9.17, 15) is 4.39 Å². The number of nitrogens with two attached hydrogens (primary N) is 1. The first-order valence-corrected chi connectivity index (χ1v) is 4.66. The van der Waals surface area contributed by atoms with Gasteiger partial charge in [-0.15, -0.1) is 0 Å². The maximum absolute atomic E-state index is 12.8. The number of hydrogen-bond acceptors (Lipinski definition) is 1. The number of nitrogens with zero attached hydrogens (tertiary/aromatic N) is 1. The molecule has 0 amide bonds. The highest BCUT2D eigenvalue weighted by Crippen LogP contribution is 2.13. The highest BCUT2D eigenvalue weighted by molar-refractivity contribution is 5.83. The van der Waals surface area contributed by atoms with Gasteiger partial charge in [0.2, 0.25) is 0 Å². The van der Waals surface area contributed by atoms with Gasteiger partial charge >= 0.3 is 0 Å². The van der Waals surface area contributed by atoms with Crippen LogP contribution in [0.2, 0.25) is 0 Å². The maximum Gasteiger partial charge on any atom is 0.125 e. The summed E-state index contributed by atoms with van der Waals surface area (Å²) in [6.45, 7) is 4.13. The lowest BCUT2D eigenvalue weighted by Gasteiger charge is -2.03. The topological polar surface area (TPSA) is 38.4 Å². The van der Waals surface area contributed by atoms with Crippen molar-refractivity contribution in [3.63, 3.8) is 0 Å². The lowest BCUT2D eigenvalue weighted by Crippen LogP contribution is -2.13. The number of hydrogen-bond donors (Lipinski definition) is 1. The Hall–Kier alpha value is -1.38. The zero-order valence-corrected chi connectivity index (χ0v) is 8.50. The number of halogens is 1. The molecular weight excluding hydrogens is 179 g/mol. The molecule has 2 N–H and O–H groups in total. The second kappa shape index (κ2) is 4.74. The van der Waals surface area contributed by atoms with Crippen molar-refractivity contribution in [2.75, 3.05) is 0 Å². The van der Waals surface area contributed by atoms with Gasteiger partial charge in [0.25, 0.3) is 0 Å². The van der Waals surface area contributed by atoms with Gasteiger partial charge in [-0.25, -0.2) is 9.38 Å². The minimum absolute atomic E-state index is 0.288. The third-order valence-electron chi connectivity index (χ3n) is 1.70. The summed E-state index contributed by atoms with van der Waals surface area (Å²) in [5.41, 5.74) is 6.26. The van der Waals surface area contributed by atoms with Crippen molar-refractivity contribution in [3.8, 4) is 0 Å². The van der Waals surface area contributed by atoms with E-state index in [1.165, 1.54) is 12.1 Å². The van der Waals surface area contributed by atoms with E-state index in [0.717, 1.165) is 6.42 Å². The van der Waals surface area contributed by atoms with Gasteiger partial charge in [0, 0.05) is 6.42 Å². The van der Waals surface area contributed by atoms with E-state index >= 15 is 0 Å².